The molecule has 2 N–H and O–H groups in total. The summed E-state index contributed by atoms with van der Waals surface area (Å²) in [5, 5.41) is 22.4. The standard InChI is InChI=1S/C22H18N6O3/c29-22(17-9-5-2-6-10-17)25-27-20(21(24-26-27)16-7-3-1-4-8-16)15-23-18-11-13-19(14-12-18)28(30)31/h1-14,23H,15H2,(H,25,29). The molecular weight excluding hydrogens is 396 g/mol. The topological polar surface area (TPSA) is 115 Å². The Labute approximate surface area is 177 Å². The van der Waals surface area contributed by atoms with Crippen LogP contribution in [0.2, 0.25) is 0 Å². The quantitative estimate of drug-likeness (QED) is 0.351. The summed E-state index contributed by atoms with van der Waals surface area (Å²) in [6.07, 6.45) is 0. The molecule has 9 nitrogen and oxygen atoms in total. The zero-order valence-corrected chi connectivity index (χ0v) is 16.3. The van der Waals surface area contributed by atoms with Crippen molar-refractivity contribution in [3.63, 3.8) is 0 Å². The van der Waals surface area contributed by atoms with Gasteiger partial charge in [-0.05, 0) is 29.5 Å². The number of hydrogen-bond donors (Lipinski definition) is 2. The molecule has 0 atom stereocenters. The van der Waals surface area contributed by atoms with Crippen LogP contribution in [0.25, 0.3) is 11.3 Å². The molecule has 0 aliphatic rings. The summed E-state index contributed by atoms with van der Waals surface area (Å²) in [7, 11) is 0. The van der Waals surface area contributed by atoms with Crippen molar-refractivity contribution in [3.05, 3.63) is 106 Å². The summed E-state index contributed by atoms with van der Waals surface area (Å²) in [5.41, 5.74) is 6.04. The van der Waals surface area contributed by atoms with E-state index in [1.807, 2.05) is 36.4 Å². The van der Waals surface area contributed by atoms with Crippen molar-refractivity contribution in [1.29, 1.82) is 0 Å². The van der Waals surface area contributed by atoms with Crippen LogP contribution in [0.15, 0.2) is 84.9 Å². The molecule has 154 valence electrons. The number of hydrogen-bond acceptors (Lipinski definition) is 6. The Bertz CT molecular complexity index is 1190. The number of rotatable bonds is 7. The maximum Gasteiger partial charge on any atom is 0.271 e. The number of nitrogens with one attached hydrogen (secondary N) is 2. The van der Waals surface area contributed by atoms with E-state index in [1.165, 1.54) is 16.9 Å². The molecule has 0 saturated carbocycles. The monoisotopic (exact) mass is 414 g/mol. The highest BCUT2D eigenvalue weighted by atomic mass is 16.6. The van der Waals surface area contributed by atoms with Gasteiger partial charge >= 0.3 is 0 Å². The highest BCUT2D eigenvalue weighted by Gasteiger charge is 2.17. The third-order valence-corrected chi connectivity index (χ3v) is 4.59. The van der Waals surface area contributed by atoms with Crippen molar-refractivity contribution in [1.82, 2.24) is 15.1 Å². The van der Waals surface area contributed by atoms with Gasteiger partial charge in [-0.2, -0.15) is 4.79 Å². The van der Waals surface area contributed by atoms with Crippen LogP contribution < -0.4 is 10.7 Å². The maximum atomic E-state index is 12.6. The van der Waals surface area contributed by atoms with Gasteiger partial charge in [-0.1, -0.05) is 48.5 Å². The molecule has 4 aromatic rings. The molecule has 1 amide bonds. The number of nitrogens with zero attached hydrogens (tertiary/aromatic N) is 4. The lowest BCUT2D eigenvalue weighted by molar-refractivity contribution is -0.384. The van der Waals surface area contributed by atoms with Crippen LogP contribution in [0.5, 0.6) is 0 Å². The predicted molar refractivity (Wildman–Crippen MR) is 116 cm³/mol. The number of amides is 1. The van der Waals surface area contributed by atoms with Crippen LogP contribution in [0.4, 0.5) is 11.4 Å². The van der Waals surface area contributed by atoms with Crippen molar-refractivity contribution < 1.29 is 9.72 Å². The molecule has 0 spiro atoms. The Morgan fingerprint density at radius 1 is 0.935 bits per heavy atom. The third-order valence-electron chi connectivity index (χ3n) is 4.59. The Hall–Kier alpha value is -4.53. The fourth-order valence-electron chi connectivity index (χ4n) is 3.01. The normalized spacial score (nSPS) is 10.5. The first-order valence-corrected chi connectivity index (χ1v) is 9.46. The number of non-ortho nitro benzene ring substituents is 1. The van der Waals surface area contributed by atoms with E-state index in [0.29, 0.717) is 22.6 Å². The predicted octanol–water partition coefficient (Wildman–Crippen LogP) is 3.85. The number of nitro groups is 1. The van der Waals surface area contributed by atoms with Crippen LogP contribution in [-0.4, -0.2) is 25.9 Å². The molecule has 1 heterocycles. The minimum absolute atomic E-state index is 0.0114. The number of aromatic nitrogens is 3. The van der Waals surface area contributed by atoms with Crippen molar-refractivity contribution in [2.24, 2.45) is 0 Å². The van der Waals surface area contributed by atoms with Crippen LogP contribution in [0, 0.1) is 10.1 Å². The molecule has 9 heteroatoms. The molecule has 0 unspecified atom stereocenters. The van der Waals surface area contributed by atoms with E-state index in [0.717, 1.165) is 5.56 Å². The highest BCUT2D eigenvalue weighted by Crippen LogP contribution is 2.22. The smallest absolute Gasteiger partial charge is 0.271 e. The van der Waals surface area contributed by atoms with Crippen molar-refractivity contribution in [2.75, 3.05) is 10.7 Å². The van der Waals surface area contributed by atoms with Gasteiger partial charge in [-0.15, -0.1) is 5.10 Å². The zero-order chi connectivity index (χ0) is 21.6. The van der Waals surface area contributed by atoms with Gasteiger partial charge in [0.1, 0.15) is 11.4 Å². The summed E-state index contributed by atoms with van der Waals surface area (Å²) < 4.78 is 0. The van der Waals surface area contributed by atoms with Crippen LogP contribution in [0.1, 0.15) is 16.1 Å². The van der Waals surface area contributed by atoms with E-state index in [2.05, 4.69) is 21.1 Å². The number of carbonyl (C=O) groups excluding carboxylic acids is 1. The minimum atomic E-state index is -0.449. The molecule has 0 aliphatic heterocycles. The molecule has 0 aliphatic carbocycles. The molecule has 0 fully saturated rings. The van der Waals surface area contributed by atoms with Crippen LogP contribution in [0.3, 0.4) is 0 Å². The Morgan fingerprint density at radius 2 is 1.58 bits per heavy atom. The molecule has 1 aromatic heterocycles. The van der Waals surface area contributed by atoms with E-state index in [1.54, 1.807) is 36.4 Å². The summed E-state index contributed by atoms with van der Waals surface area (Å²) in [6.45, 7) is 0.282. The number of benzene rings is 3. The maximum absolute atomic E-state index is 12.6. The average molecular weight is 414 g/mol. The van der Waals surface area contributed by atoms with Crippen molar-refractivity contribution in [2.45, 2.75) is 6.54 Å². The van der Waals surface area contributed by atoms with Gasteiger partial charge < -0.3 is 5.32 Å². The van der Waals surface area contributed by atoms with Gasteiger partial charge in [-0.3, -0.25) is 14.9 Å². The first kappa shape index (κ1) is 19.8. The molecular formula is C22H18N6O3. The first-order valence-electron chi connectivity index (χ1n) is 9.46. The SMILES string of the molecule is O=C(Nn1nnc(-c2ccccc2)c1CNc1ccc([N+](=O)[O-])cc1)c1ccccc1. The summed E-state index contributed by atoms with van der Waals surface area (Å²) >= 11 is 0. The van der Waals surface area contributed by atoms with E-state index in [4.69, 9.17) is 0 Å². The summed E-state index contributed by atoms with van der Waals surface area (Å²) in [4.78, 5) is 24.3. The van der Waals surface area contributed by atoms with E-state index < -0.39 is 4.92 Å². The van der Waals surface area contributed by atoms with Gasteiger partial charge in [0.05, 0.1) is 11.5 Å². The minimum Gasteiger partial charge on any atom is -0.379 e. The average Bonchev–Trinajstić information content (AvgIpc) is 3.21. The summed E-state index contributed by atoms with van der Waals surface area (Å²) in [5.74, 6) is -0.318. The van der Waals surface area contributed by atoms with Gasteiger partial charge in [-0.25, -0.2) is 5.43 Å². The largest absolute Gasteiger partial charge is 0.379 e. The van der Waals surface area contributed by atoms with E-state index >= 15 is 0 Å². The fraction of sp³-hybridized carbons (Fsp3) is 0.0455. The zero-order valence-electron chi connectivity index (χ0n) is 16.3. The Morgan fingerprint density at radius 3 is 2.23 bits per heavy atom. The number of nitro benzene ring substituents is 1. The lowest BCUT2D eigenvalue weighted by Crippen LogP contribution is -2.26. The Balaban J connectivity index is 1.60. The second-order valence-corrected chi connectivity index (χ2v) is 6.63. The number of carbonyl (C=O) groups is 1. The molecule has 31 heavy (non-hydrogen) atoms. The molecule has 4 rings (SSSR count). The summed E-state index contributed by atoms with van der Waals surface area (Å²) in [6, 6.07) is 24.4. The molecule has 0 radical (unpaired) electrons. The second-order valence-electron chi connectivity index (χ2n) is 6.63. The molecule has 3 aromatic carbocycles. The van der Waals surface area contributed by atoms with E-state index in [-0.39, 0.29) is 18.1 Å². The Kier molecular flexibility index (Phi) is 5.66. The van der Waals surface area contributed by atoms with Crippen molar-refractivity contribution >= 4 is 17.3 Å². The lowest BCUT2D eigenvalue weighted by atomic mass is 10.1. The van der Waals surface area contributed by atoms with Crippen molar-refractivity contribution in [3.8, 4) is 11.3 Å². The fourth-order valence-corrected chi connectivity index (χ4v) is 3.01. The number of anilines is 1. The molecule has 0 bridgehead atoms. The molecule has 0 saturated heterocycles. The van der Waals surface area contributed by atoms with Crippen LogP contribution in [-0.2, 0) is 6.54 Å². The lowest BCUT2D eigenvalue weighted by Gasteiger charge is -2.11. The third kappa shape index (κ3) is 4.56. The van der Waals surface area contributed by atoms with Gasteiger partial charge in [0.15, 0.2) is 0 Å². The van der Waals surface area contributed by atoms with Gasteiger partial charge in [0, 0.05) is 28.9 Å². The van der Waals surface area contributed by atoms with Gasteiger partial charge in [0.25, 0.3) is 11.6 Å². The highest BCUT2D eigenvalue weighted by molar-refractivity contribution is 5.99. The first-order chi connectivity index (χ1) is 15.1. The van der Waals surface area contributed by atoms with E-state index in [9.17, 15) is 14.9 Å². The van der Waals surface area contributed by atoms with Gasteiger partial charge in [0.2, 0.25) is 0 Å². The second kappa shape index (κ2) is 8.87. The van der Waals surface area contributed by atoms with Crippen LogP contribution >= 0.6 is 0 Å².